The molecule has 0 bridgehead atoms. The Bertz CT molecular complexity index is 1010. The van der Waals surface area contributed by atoms with E-state index in [1.165, 1.54) is 0 Å². The van der Waals surface area contributed by atoms with Gasteiger partial charge >= 0.3 is 0 Å². The van der Waals surface area contributed by atoms with Crippen LogP contribution in [-0.4, -0.2) is 54.6 Å². The molecule has 0 spiro atoms. The van der Waals surface area contributed by atoms with Crippen molar-refractivity contribution in [1.82, 2.24) is 40.4 Å². The van der Waals surface area contributed by atoms with E-state index in [1.807, 2.05) is 76.2 Å². The molecule has 168 valence electrons. The van der Waals surface area contributed by atoms with Crippen molar-refractivity contribution in [2.24, 2.45) is 0 Å². The van der Waals surface area contributed by atoms with Crippen molar-refractivity contribution in [3.8, 4) is 34.3 Å². The van der Waals surface area contributed by atoms with Crippen LogP contribution in [0.2, 0.25) is 0 Å². The van der Waals surface area contributed by atoms with E-state index < -0.39 is 0 Å². The number of methoxy groups -OCH3 is 2. The maximum atomic E-state index is 5.09. The Morgan fingerprint density at radius 1 is 0.594 bits per heavy atom. The van der Waals surface area contributed by atoms with Crippen LogP contribution < -0.4 is 9.47 Å². The molecule has 10 nitrogen and oxygen atoms in total. The third-order valence-corrected chi connectivity index (χ3v) is 4.48. The molecule has 0 saturated heterocycles. The summed E-state index contributed by atoms with van der Waals surface area (Å²) < 4.78 is 10.2. The van der Waals surface area contributed by atoms with Crippen molar-refractivity contribution in [1.29, 1.82) is 0 Å². The van der Waals surface area contributed by atoms with E-state index in [1.54, 1.807) is 23.8 Å². The van der Waals surface area contributed by atoms with Gasteiger partial charge in [0.25, 0.3) is 0 Å². The molecular weight excluding hydrogens is 408 g/mol. The first kappa shape index (κ1) is 22.9. The summed E-state index contributed by atoms with van der Waals surface area (Å²) in [6.07, 6.45) is 0. The fourth-order valence-corrected chi connectivity index (χ4v) is 2.60. The van der Waals surface area contributed by atoms with Gasteiger partial charge in [0, 0.05) is 11.1 Å². The van der Waals surface area contributed by atoms with Crippen LogP contribution in [0.1, 0.15) is 39.8 Å². The molecule has 0 fully saturated rings. The van der Waals surface area contributed by atoms with Crippen LogP contribution in [-0.2, 0) is 0 Å². The zero-order chi connectivity index (χ0) is 23.1. The van der Waals surface area contributed by atoms with E-state index in [2.05, 4.69) is 30.8 Å². The van der Waals surface area contributed by atoms with Gasteiger partial charge in [0.05, 0.1) is 26.3 Å². The van der Waals surface area contributed by atoms with Crippen molar-refractivity contribution >= 4 is 0 Å². The molecule has 2 heterocycles. The average Bonchev–Trinajstić information content (AvgIpc) is 3.50. The van der Waals surface area contributed by atoms with Gasteiger partial charge in [-0.15, -0.1) is 20.4 Å². The lowest BCUT2D eigenvalue weighted by Gasteiger charge is -2.00. The highest BCUT2D eigenvalue weighted by molar-refractivity contribution is 5.55. The predicted octanol–water partition coefficient (Wildman–Crippen LogP) is 3.86. The first-order valence-corrected chi connectivity index (χ1v) is 10.3. The van der Waals surface area contributed by atoms with E-state index >= 15 is 0 Å². The molecule has 2 aromatic heterocycles. The van der Waals surface area contributed by atoms with Gasteiger partial charge in [-0.3, -0.25) is 0 Å². The minimum absolute atomic E-state index is 0.222. The first-order valence-electron chi connectivity index (χ1n) is 10.3. The van der Waals surface area contributed by atoms with Crippen LogP contribution >= 0.6 is 0 Å². The second-order valence-electron chi connectivity index (χ2n) is 7.51. The van der Waals surface area contributed by atoms with Crippen molar-refractivity contribution in [3.05, 3.63) is 48.5 Å². The van der Waals surface area contributed by atoms with E-state index in [4.69, 9.17) is 9.47 Å². The van der Waals surface area contributed by atoms with E-state index in [9.17, 15) is 0 Å². The Kier molecular flexibility index (Phi) is 7.48. The Morgan fingerprint density at radius 3 is 1.19 bits per heavy atom. The topological polar surface area (TPSA) is 106 Å². The van der Waals surface area contributed by atoms with Crippen LogP contribution in [0.15, 0.2) is 48.5 Å². The molecule has 2 aromatic carbocycles. The van der Waals surface area contributed by atoms with E-state index in [-0.39, 0.29) is 12.1 Å². The molecule has 10 heteroatoms. The minimum atomic E-state index is 0.222. The van der Waals surface area contributed by atoms with Crippen LogP contribution in [0, 0.1) is 0 Å². The van der Waals surface area contributed by atoms with Gasteiger partial charge in [0.15, 0.2) is 0 Å². The zero-order valence-corrected chi connectivity index (χ0v) is 19.2. The zero-order valence-electron chi connectivity index (χ0n) is 19.2. The Hall–Kier alpha value is -3.82. The molecule has 0 aliphatic carbocycles. The number of rotatable bonds is 6. The monoisotopic (exact) mass is 436 g/mol. The van der Waals surface area contributed by atoms with E-state index in [0.29, 0.717) is 11.6 Å². The largest absolute Gasteiger partial charge is 0.497 e. The quantitative estimate of drug-likeness (QED) is 0.449. The Morgan fingerprint density at radius 2 is 0.938 bits per heavy atom. The smallest absolute Gasteiger partial charge is 0.204 e. The van der Waals surface area contributed by atoms with Crippen molar-refractivity contribution in [2.45, 2.75) is 39.8 Å². The summed E-state index contributed by atoms with van der Waals surface area (Å²) in [6, 6.07) is 15.6. The number of tetrazole rings is 2. The third kappa shape index (κ3) is 5.65. The van der Waals surface area contributed by atoms with Crippen LogP contribution in [0.25, 0.3) is 22.8 Å². The molecule has 0 amide bonds. The third-order valence-electron chi connectivity index (χ3n) is 4.48. The predicted molar refractivity (Wildman–Crippen MR) is 120 cm³/mol. The molecule has 4 aromatic rings. The highest BCUT2D eigenvalue weighted by Gasteiger charge is 2.08. The number of hydrogen-bond donors (Lipinski definition) is 0. The average molecular weight is 437 g/mol. The van der Waals surface area contributed by atoms with Gasteiger partial charge in [0.1, 0.15) is 11.5 Å². The molecule has 0 unspecified atom stereocenters. The number of benzene rings is 2. The van der Waals surface area contributed by atoms with Gasteiger partial charge in [-0.05, 0) is 86.7 Å². The highest BCUT2D eigenvalue weighted by atomic mass is 16.5. The summed E-state index contributed by atoms with van der Waals surface area (Å²) in [5, 5.41) is 24.5. The van der Waals surface area contributed by atoms with Crippen molar-refractivity contribution in [2.75, 3.05) is 14.2 Å². The lowest BCUT2D eigenvalue weighted by atomic mass is 10.2. The molecule has 0 atom stereocenters. The fraction of sp³-hybridized carbons (Fsp3) is 0.364. The minimum Gasteiger partial charge on any atom is -0.497 e. The lowest BCUT2D eigenvalue weighted by molar-refractivity contribution is 0.414. The number of ether oxygens (including phenoxy) is 2. The Balaban J connectivity index is 0.000000181. The number of nitrogens with zero attached hydrogens (tertiary/aromatic N) is 8. The van der Waals surface area contributed by atoms with Crippen LogP contribution in [0.5, 0.6) is 11.5 Å². The van der Waals surface area contributed by atoms with E-state index in [0.717, 1.165) is 22.6 Å². The van der Waals surface area contributed by atoms with Crippen molar-refractivity contribution in [3.63, 3.8) is 0 Å². The van der Waals surface area contributed by atoms with Crippen LogP contribution in [0.3, 0.4) is 0 Å². The highest BCUT2D eigenvalue weighted by Crippen LogP contribution is 2.19. The standard InChI is InChI=1S/2C11H14N4O/c2*1-8(2)15-13-11(12-14-15)9-4-6-10(16-3)7-5-9/h2*4-8H,1-3H3. The second kappa shape index (κ2) is 10.5. The maximum absolute atomic E-state index is 5.09. The van der Waals surface area contributed by atoms with Gasteiger partial charge < -0.3 is 9.47 Å². The van der Waals surface area contributed by atoms with Crippen LogP contribution in [0.4, 0.5) is 0 Å². The molecule has 32 heavy (non-hydrogen) atoms. The molecule has 4 rings (SSSR count). The fourth-order valence-electron chi connectivity index (χ4n) is 2.60. The number of aromatic nitrogens is 8. The summed E-state index contributed by atoms with van der Waals surface area (Å²) in [5.74, 6) is 2.91. The summed E-state index contributed by atoms with van der Waals surface area (Å²) >= 11 is 0. The summed E-state index contributed by atoms with van der Waals surface area (Å²) in [7, 11) is 3.28. The normalized spacial score (nSPS) is 10.8. The number of hydrogen-bond acceptors (Lipinski definition) is 8. The summed E-state index contributed by atoms with van der Waals surface area (Å²) in [4.78, 5) is 3.19. The maximum Gasteiger partial charge on any atom is 0.204 e. The van der Waals surface area contributed by atoms with Gasteiger partial charge in [-0.1, -0.05) is 0 Å². The first-order chi connectivity index (χ1) is 15.4. The Labute approximate surface area is 187 Å². The lowest BCUT2D eigenvalue weighted by Crippen LogP contribution is -2.04. The molecule has 0 aliphatic heterocycles. The summed E-state index contributed by atoms with van der Waals surface area (Å²) in [6.45, 7) is 8.05. The van der Waals surface area contributed by atoms with Gasteiger partial charge in [-0.25, -0.2) is 0 Å². The van der Waals surface area contributed by atoms with Gasteiger partial charge in [-0.2, -0.15) is 9.59 Å². The molecule has 0 saturated carbocycles. The SMILES string of the molecule is COc1ccc(-c2nnn(C(C)C)n2)cc1.COc1ccc(-c2nnn(C(C)C)n2)cc1. The molecule has 0 N–H and O–H groups in total. The molecule has 0 aliphatic rings. The van der Waals surface area contributed by atoms with Crippen molar-refractivity contribution < 1.29 is 9.47 Å². The molecule has 0 radical (unpaired) electrons. The second-order valence-corrected chi connectivity index (χ2v) is 7.51. The summed E-state index contributed by atoms with van der Waals surface area (Å²) in [5.41, 5.74) is 1.88. The molecular formula is C22H28N8O2. The van der Waals surface area contributed by atoms with Gasteiger partial charge in [0.2, 0.25) is 11.6 Å².